The predicted molar refractivity (Wildman–Crippen MR) is 73.9 cm³/mol. The van der Waals surface area contributed by atoms with Crippen LogP contribution in [0.2, 0.25) is 0 Å². The van der Waals surface area contributed by atoms with Gasteiger partial charge in [0, 0.05) is 17.9 Å². The molecule has 0 spiro atoms. The Morgan fingerprint density at radius 1 is 1.44 bits per heavy atom. The van der Waals surface area contributed by atoms with Crippen LogP contribution in [0.15, 0.2) is 23.1 Å². The second-order valence-electron chi connectivity index (χ2n) is 4.61. The van der Waals surface area contributed by atoms with E-state index in [1.165, 1.54) is 6.26 Å². The maximum Gasteiger partial charge on any atom is 0.177 e. The number of thioether (sulfide) groups is 1. The van der Waals surface area contributed by atoms with Gasteiger partial charge in [0.1, 0.15) is 11.3 Å². The van der Waals surface area contributed by atoms with Gasteiger partial charge in [-0.1, -0.05) is 6.07 Å². The van der Waals surface area contributed by atoms with Gasteiger partial charge in [0.15, 0.2) is 9.84 Å². The summed E-state index contributed by atoms with van der Waals surface area (Å²) in [7, 11) is -3.23. The Balaban J connectivity index is 2.17. The smallest absolute Gasteiger partial charge is 0.177 e. The first-order valence-electron chi connectivity index (χ1n) is 5.82. The van der Waals surface area contributed by atoms with Gasteiger partial charge in [0.2, 0.25) is 0 Å². The SMILES string of the molecule is CS(=O)(=O)c1cccc2[nH]c(C3CCSC3)nc12. The Morgan fingerprint density at radius 2 is 2.28 bits per heavy atom. The molecule has 0 aliphatic carbocycles. The average molecular weight is 282 g/mol. The fourth-order valence-corrected chi connectivity index (χ4v) is 4.33. The van der Waals surface area contributed by atoms with Crippen molar-refractivity contribution in [3.8, 4) is 0 Å². The Kier molecular flexibility index (Phi) is 2.86. The summed E-state index contributed by atoms with van der Waals surface area (Å²) in [6.07, 6.45) is 2.33. The highest BCUT2D eigenvalue weighted by atomic mass is 32.2. The number of aromatic nitrogens is 2. The summed E-state index contributed by atoms with van der Waals surface area (Å²) in [6.45, 7) is 0. The molecule has 0 radical (unpaired) electrons. The number of sulfone groups is 1. The number of fused-ring (bicyclic) bond motifs is 1. The molecule has 2 aromatic rings. The van der Waals surface area contributed by atoms with Gasteiger partial charge in [-0.15, -0.1) is 0 Å². The third kappa shape index (κ3) is 2.03. The van der Waals surface area contributed by atoms with Gasteiger partial charge in [-0.2, -0.15) is 11.8 Å². The first kappa shape index (κ1) is 12.0. The second-order valence-corrected chi connectivity index (χ2v) is 7.74. The molecule has 1 unspecified atom stereocenters. The number of hydrogen-bond acceptors (Lipinski definition) is 4. The molecule has 1 fully saturated rings. The largest absolute Gasteiger partial charge is 0.342 e. The molecule has 4 nitrogen and oxygen atoms in total. The van der Waals surface area contributed by atoms with Crippen molar-refractivity contribution in [1.82, 2.24) is 9.97 Å². The lowest BCUT2D eigenvalue weighted by molar-refractivity contribution is 0.602. The molecule has 1 aromatic carbocycles. The minimum Gasteiger partial charge on any atom is -0.342 e. The molecule has 0 bridgehead atoms. The van der Waals surface area contributed by atoms with E-state index in [0.29, 0.717) is 16.3 Å². The van der Waals surface area contributed by atoms with Crippen molar-refractivity contribution < 1.29 is 8.42 Å². The summed E-state index contributed by atoms with van der Waals surface area (Å²) in [5.74, 6) is 3.57. The second kappa shape index (κ2) is 4.28. The monoisotopic (exact) mass is 282 g/mol. The normalized spacial score (nSPS) is 20.6. The Bertz CT molecular complexity index is 685. The van der Waals surface area contributed by atoms with Crippen molar-refractivity contribution in [1.29, 1.82) is 0 Å². The third-order valence-corrected chi connectivity index (χ3v) is 5.50. The molecule has 1 N–H and O–H groups in total. The van der Waals surface area contributed by atoms with Crippen LogP contribution >= 0.6 is 11.8 Å². The molecule has 0 amide bonds. The quantitative estimate of drug-likeness (QED) is 0.917. The zero-order valence-electron chi connectivity index (χ0n) is 10.0. The van der Waals surface area contributed by atoms with Crippen LogP contribution in [0.25, 0.3) is 11.0 Å². The predicted octanol–water partition coefficient (Wildman–Crippen LogP) is 2.19. The Hall–Kier alpha value is -1.01. The van der Waals surface area contributed by atoms with Gasteiger partial charge >= 0.3 is 0 Å². The van der Waals surface area contributed by atoms with Gasteiger partial charge in [-0.25, -0.2) is 13.4 Å². The summed E-state index contributed by atoms with van der Waals surface area (Å²) in [5, 5.41) is 0. The number of benzene rings is 1. The Morgan fingerprint density at radius 3 is 2.94 bits per heavy atom. The summed E-state index contributed by atoms with van der Waals surface area (Å²) in [4.78, 5) is 8.09. The number of rotatable bonds is 2. The molecule has 3 rings (SSSR count). The summed E-state index contributed by atoms with van der Waals surface area (Å²) >= 11 is 1.92. The molecule has 6 heteroatoms. The maximum atomic E-state index is 11.7. The van der Waals surface area contributed by atoms with Gasteiger partial charge < -0.3 is 4.98 Å². The van der Waals surface area contributed by atoms with Crippen molar-refractivity contribution >= 4 is 32.6 Å². The lowest BCUT2D eigenvalue weighted by Crippen LogP contribution is -1.99. The van der Waals surface area contributed by atoms with E-state index in [4.69, 9.17) is 0 Å². The number of H-pyrrole nitrogens is 1. The Labute approximate surface area is 110 Å². The zero-order chi connectivity index (χ0) is 12.8. The van der Waals surface area contributed by atoms with Gasteiger partial charge in [-0.05, 0) is 24.3 Å². The maximum absolute atomic E-state index is 11.7. The van der Waals surface area contributed by atoms with E-state index in [9.17, 15) is 8.42 Å². The van der Waals surface area contributed by atoms with Crippen LogP contribution in [0.3, 0.4) is 0 Å². The molecule has 1 atom stereocenters. The summed E-state index contributed by atoms with van der Waals surface area (Å²) in [6, 6.07) is 5.25. The number of imidazole rings is 1. The van der Waals surface area contributed by atoms with Crippen LogP contribution in [0, 0.1) is 0 Å². The number of hydrogen-bond donors (Lipinski definition) is 1. The molecule has 2 heterocycles. The molecule has 18 heavy (non-hydrogen) atoms. The van der Waals surface area contributed by atoms with Crippen LogP contribution in [-0.2, 0) is 9.84 Å². The molecule has 1 aromatic heterocycles. The molecule has 0 saturated carbocycles. The minimum absolute atomic E-state index is 0.313. The van der Waals surface area contributed by atoms with E-state index < -0.39 is 9.84 Å². The van der Waals surface area contributed by atoms with Crippen LogP contribution < -0.4 is 0 Å². The highest BCUT2D eigenvalue weighted by molar-refractivity contribution is 7.99. The topological polar surface area (TPSA) is 62.8 Å². The fourth-order valence-electron chi connectivity index (χ4n) is 2.27. The number of nitrogens with zero attached hydrogens (tertiary/aromatic N) is 1. The van der Waals surface area contributed by atoms with Crippen LogP contribution in [0.1, 0.15) is 18.2 Å². The van der Waals surface area contributed by atoms with E-state index in [0.717, 1.165) is 29.3 Å². The fraction of sp³-hybridized carbons (Fsp3) is 0.417. The van der Waals surface area contributed by atoms with Crippen molar-refractivity contribution in [2.75, 3.05) is 17.8 Å². The first-order chi connectivity index (χ1) is 8.55. The summed E-state index contributed by atoms with van der Waals surface area (Å²) < 4.78 is 23.4. The highest BCUT2D eigenvalue weighted by Crippen LogP contribution is 2.32. The molecule has 1 aliphatic rings. The number of aromatic amines is 1. The van der Waals surface area contributed by atoms with Crippen molar-refractivity contribution in [3.63, 3.8) is 0 Å². The van der Waals surface area contributed by atoms with E-state index in [1.807, 2.05) is 17.8 Å². The summed E-state index contributed by atoms with van der Waals surface area (Å²) in [5.41, 5.74) is 1.39. The number of para-hydroxylation sites is 1. The van der Waals surface area contributed by atoms with Gasteiger partial charge in [0.25, 0.3) is 0 Å². The standard InChI is InChI=1S/C12H14N2O2S2/c1-18(15,16)10-4-2-3-9-11(10)14-12(13-9)8-5-6-17-7-8/h2-4,8H,5-7H2,1H3,(H,13,14). The molecule has 1 saturated heterocycles. The molecule has 96 valence electrons. The zero-order valence-corrected chi connectivity index (χ0v) is 11.6. The lowest BCUT2D eigenvalue weighted by atomic mass is 10.1. The van der Waals surface area contributed by atoms with E-state index >= 15 is 0 Å². The van der Waals surface area contributed by atoms with Gasteiger partial charge in [-0.3, -0.25) is 0 Å². The molecular weight excluding hydrogens is 268 g/mol. The van der Waals surface area contributed by atoms with E-state index in [-0.39, 0.29) is 0 Å². The minimum atomic E-state index is -3.23. The van der Waals surface area contributed by atoms with Crippen molar-refractivity contribution in [3.05, 3.63) is 24.0 Å². The van der Waals surface area contributed by atoms with E-state index in [2.05, 4.69) is 9.97 Å². The molecule has 1 aliphatic heterocycles. The van der Waals surface area contributed by atoms with E-state index in [1.54, 1.807) is 12.1 Å². The van der Waals surface area contributed by atoms with Crippen LogP contribution in [0.4, 0.5) is 0 Å². The third-order valence-electron chi connectivity index (χ3n) is 3.21. The first-order valence-corrected chi connectivity index (χ1v) is 8.87. The average Bonchev–Trinajstić information content (AvgIpc) is 2.95. The lowest BCUT2D eigenvalue weighted by Gasteiger charge is -2.01. The van der Waals surface area contributed by atoms with Crippen LogP contribution in [0.5, 0.6) is 0 Å². The van der Waals surface area contributed by atoms with Crippen molar-refractivity contribution in [2.24, 2.45) is 0 Å². The van der Waals surface area contributed by atoms with Gasteiger partial charge in [0.05, 0.1) is 10.4 Å². The molecular formula is C12H14N2O2S2. The van der Waals surface area contributed by atoms with Crippen LogP contribution in [-0.4, -0.2) is 36.1 Å². The van der Waals surface area contributed by atoms with Crippen molar-refractivity contribution in [2.45, 2.75) is 17.2 Å². The highest BCUT2D eigenvalue weighted by Gasteiger charge is 2.22. The number of nitrogens with one attached hydrogen (secondary N) is 1.